The maximum Gasteiger partial charge on any atom is 0.291 e. The van der Waals surface area contributed by atoms with Crippen LogP contribution in [0, 0.1) is 0 Å². The Balaban J connectivity index is 1.22. The van der Waals surface area contributed by atoms with Crippen LogP contribution in [-0.2, 0) is 0 Å². The molecule has 156 valence electrons. The van der Waals surface area contributed by atoms with Crippen molar-refractivity contribution in [1.29, 1.82) is 0 Å². The highest BCUT2D eigenvalue weighted by Crippen LogP contribution is 2.24. The zero-order valence-corrected chi connectivity index (χ0v) is 17.3. The Labute approximate surface area is 178 Å². The zero-order chi connectivity index (χ0) is 20.8. The summed E-state index contributed by atoms with van der Waals surface area (Å²) in [6.07, 6.45) is 1.45. The quantitative estimate of drug-likeness (QED) is 0.628. The minimum atomic E-state index is -0.327. The number of para-hydroxylation sites is 1. The molecule has 0 spiro atoms. The number of anilines is 1. The number of hydrogen-bond acceptors (Lipinski definition) is 6. The molecule has 1 N–H and O–H groups in total. The molecule has 0 unspecified atom stereocenters. The summed E-state index contributed by atoms with van der Waals surface area (Å²) in [6.45, 7) is 4.45. The van der Waals surface area contributed by atoms with E-state index in [9.17, 15) is 9.59 Å². The molecule has 1 fully saturated rings. The number of carbonyl (C=O) groups excluding carboxylic acids is 2. The SMILES string of the molecule is O=C(Nc1ccc(C(=O)N2CCN(CCOc3ccccc3)CC2)s1)c1ccco1. The predicted molar refractivity (Wildman–Crippen MR) is 115 cm³/mol. The van der Waals surface area contributed by atoms with Crippen LogP contribution in [0.1, 0.15) is 20.2 Å². The van der Waals surface area contributed by atoms with Gasteiger partial charge in [0.1, 0.15) is 12.4 Å². The first kappa shape index (κ1) is 20.2. The summed E-state index contributed by atoms with van der Waals surface area (Å²) in [6, 6.07) is 16.5. The van der Waals surface area contributed by atoms with E-state index in [1.54, 1.807) is 24.3 Å². The standard InChI is InChI=1S/C22H23N3O4S/c26-21(18-7-4-15-29-18)23-20-9-8-19(30-20)22(27)25-12-10-24(11-13-25)14-16-28-17-5-2-1-3-6-17/h1-9,15H,10-14,16H2,(H,23,26). The fraction of sp³-hybridized carbons (Fsp3) is 0.273. The third kappa shape index (κ3) is 5.08. The van der Waals surface area contributed by atoms with Gasteiger partial charge in [-0.15, -0.1) is 11.3 Å². The molecule has 0 atom stereocenters. The van der Waals surface area contributed by atoms with Gasteiger partial charge in [-0.1, -0.05) is 18.2 Å². The van der Waals surface area contributed by atoms with Gasteiger partial charge in [-0.3, -0.25) is 14.5 Å². The summed E-state index contributed by atoms with van der Waals surface area (Å²) in [7, 11) is 0. The lowest BCUT2D eigenvalue weighted by Crippen LogP contribution is -2.49. The lowest BCUT2D eigenvalue weighted by molar-refractivity contribution is 0.0625. The lowest BCUT2D eigenvalue weighted by Gasteiger charge is -2.34. The summed E-state index contributed by atoms with van der Waals surface area (Å²) in [5.74, 6) is 0.786. The van der Waals surface area contributed by atoms with Gasteiger partial charge in [-0.25, -0.2) is 0 Å². The van der Waals surface area contributed by atoms with Gasteiger partial charge in [-0.2, -0.15) is 0 Å². The summed E-state index contributed by atoms with van der Waals surface area (Å²) in [5, 5.41) is 3.38. The van der Waals surface area contributed by atoms with E-state index in [2.05, 4.69) is 10.2 Å². The molecule has 0 bridgehead atoms. The van der Waals surface area contributed by atoms with Gasteiger partial charge in [0.15, 0.2) is 5.76 Å². The van der Waals surface area contributed by atoms with Crippen LogP contribution in [0.2, 0.25) is 0 Å². The number of nitrogens with zero attached hydrogens (tertiary/aromatic N) is 2. The molecule has 3 heterocycles. The fourth-order valence-corrected chi connectivity index (χ4v) is 4.11. The summed E-state index contributed by atoms with van der Waals surface area (Å²) < 4.78 is 10.8. The fourth-order valence-electron chi connectivity index (χ4n) is 3.24. The van der Waals surface area contributed by atoms with Gasteiger partial charge >= 0.3 is 0 Å². The normalized spacial score (nSPS) is 14.5. The monoisotopic (exact) mass is 425 g/mol. The van der Waals surface area contributed by atoms with E-state index < -0.39 is 0 Å². The number of furan rings is 1. The molecule has 3 aromatic rings. The predicted octanol–water partition coefficient (Wildman–Crippen LogP) is 3.43. The molecular weight excluding hydrogens is 402 g/mol. The highest BCUT2D eigenvalue weighted by Gasteiger charge is 2.23. The second-order valence-corrected chi connectivity index (χ2v) is 7.97. The van der Waals surface area contributed by atoms with Crippen molar-refractivity contribution in [1.82, 2.24) is 9.80 Å². The molecule has 0 radical (unpaired) electrons. The summed E-state index contributed by atoms with van der Waals surface area (Å²) in [5.41, 5.74) is 0. The Hall–Kier alpha value is -3.10. The molecule has 1 aliphatic rings. The van der Waals surface area contributed by atoms with Crippen molar-refractivity contribution in [2.24, 2.45) is 0 Å². The average Bonchev–Trinajstić information content (AvgIpc) is 3.47. The van der Waals surface area contributed by atoms with E-state index in [0.29, 0.717) is 29.6 Å². The third-order valence-corrected chi connectivity index (χ3v) is 5.87. The van der Waals surface area contributed by atoms with Crippen molar-refractivity contribution in [2.45, 2.75) is 0 Å². The number of thiophene rings is 1. The van der Waals surface area contributed by atoms with Gasteiger partial charge in [-0.05, 0) is 36.4 Å². The molecule has 30 heavy (non-hydrogen) atoms. The molecule has 0 saturated carbocycles. The molecular formula is C22H23N3O4S. The number of carbonyl (C=O) groups is 2. The Morgan fingerprint density at radius 2 is 1.80 bits per heavy atom. The van der Waals surface area contributed by atoms with Crippen LogP contribution in [0.5, 0.6) is 5.75 Å². The Morgan fingerprint density at radius 3 is 2.53 bits per heavy atom. The number of benzene rings is 1. The largest absolute Gasteiger partial charge is 0.492 e. The maximum absolute atomic E-state index is 12.8. The first-order valence-electron chi connectivity index (χ1n) is 9.83. The van der Waals surface area contributed by atoms with Crippen molar-refractivity contribution >= 4 is 28.2 Å². The first-order valence-corrected chi connectivity index (χ1v) is 10.6. The molecule has 1 saturated heterocycles. The average molecular weight is 426 g/mol. The number of piperazine rings is 1. The van der Waals surface area contributed by atoms with Crippen molar-refractivity contribution in [2.75, 3.05) is 44.6 Å². The highest BCUT2D eigenvalue weighted by molar-refractivity contribution is 7.18. The topological polar surface area (TPSA) is 75.0 Å². The van der Waals surface area contributed by atoms with Gasteiger partial charge in [0.05, 0.1) is 16.1 Å². The lowest BCUT2D eigenvalue weighted by atomic mass is 10.3. The second-order valence-electron chi connectivity index (χ2n) is 6.89. The van der Waals surface area contributed by atoms with Crippen LogP contribution in [-0.4, -0.2) is 60.9 Å². The molecule has 4 rings (SSSR count). The number of amides is 2. The van der Waals surface area contributed by atoms with E-state index in [0.717, 1.165) is 25.4 Å². The van der Waals surface area contributed by atoms with Crippen LogP contribution in [0.4, 0.5) is 5.00 Å². The van der Waals surface area contributed by atoms with E-state index in [1.165, 1.54) is 17.6 Å². The van der Waals surface area contributed by atoms with E-state index in [-0.39, 0.29) is 17.6 Å². The van der Waals surface area contributed by atoms with Gasteiger partial charge in [0.2, 0.25) is 0 Å². The highest BCUT2D eigenvalue weighted by atomic mass is 32.1. The third-order valence-electron chi connectivity index (χ3n) is 4.88. The van der Waals surface area contributed by atoms with E-state index in [4.69, 9.17) is 9.15 Å². The smallest absolute Gasteiger partial charge is 0.291 e. The van der Waals surface area contributed by atoms with Gasteiger partial charge in [0, 0.05) is 32.7 Å². The van der Waals surface area contributed by atoms with Crippen molar-refractivity contribution < 1.29 is 18.7 Å². The minimum Gasteiger partial charge on any atom is -0.492 e. The van der Waals surface area contributed by atoms with Crippen molar-refractivity contribution in [3.05, 3.63) is 71.5 Å². The number of nitrogens with one attached hydrogen (secondary N) is 1. The molecule has 2 amide bonds. The molecule has 0 aliphatic carbocycles. The molecule has 1 aliphatic heterocycles. The number of hydrogen-bond donors (Lipinski definition) is 1. The van der Waals surface area contributed by atoms with E-state index >= 15 is 0 Å². The summed E-state index contributed by atoms with van der Waals surface area (Å²) in [4.78, 5) is 29.6. The number of rotatable bonds is 7. The van der Waals surface area contributed by atoms with Crippen molar-refractivity contribution in [3.8, 4) is 5.75 Å². The molecule has 7 nitrogen and oxygen atoms in total. The number of ether oxygens (including phenoxy) is 1. The summed E-state index contributed by atoms with van der Waals surface area (Å²) >= 11 is 1.27. The second kappa shape index (κ2) is 9.60. The Bertz CT molecular complexity index is 963. The molecule has 1 aromatic carbocycles. The van der Waals surface area contributed by atoms with Crippen LogP contribution < -0.4 is 10.1 Å². The van der Waals surface area contributed by atoms with Gasteiger partial charge < -0.3 is 19.4 Å². The Morgan fingerprint density at radius 1 is 1.00 bits per heavy atom. The van der Waals surface area contributed by atoms with Crippen LogP contribution in [0.3, 0.4) is 0 Å². The Kier molecular flexibility index (Phi) is 6.46. The first-order chi connectivity index (χ1) is 14.7. The molecule has 8 heteroatoms. The van der Waals surface area contributed by atoms with Crippen molar-refractivity contribution in [3.63, 3.8) is 0 Å². The molecule has 2 aromatic heterocycles. The maximum atomic E-state index is 12.8. The van der Waals surface area contributed by atoms with Crippen LogP contribution >= 0.6 is 11.3 Å². The minimum absolute atomic E-state index is 0.00122. The van der Waals surface area contributed by atoms with E-state index in [1.807, 2.05) is 35.2 Å². The van der Waals surface area contributed by atoms with Gasteiger partial charge in [0.25, 0.3) is 11.8 Å². The van der Waals surface area contributed by atoms with Crippen LogP contribution in [0.25, 0.3) is 0 Å². The zero-order valence-electron chi connectivity index (χ0n) is 16.5. The van der Waals surface area contributed by atoms with Crippen LogP contribution in [0.15, 0.2) is 65.3 Å².